The SMILES string of the molecule is O=C(NC1CC2CCC1O2)C1CCCN1. The molecule has 0 radical (unpaired) electrons. The number of amides is 1. The maximum Gasteiger partial charge on any atom is 0.237 e. The second kappa shape index (κ2) is 3.76. The lowest BCUT2D eigenvalue weighted by atomic mass is 9.95. The number of hydrogen-bond acceptors (Lipinski definition) is 3. The molecular weight excluding hydrogens is 192 g/mol. The van der Waals surface area contributed by atoms with Gasteiger partial charge in [-0.15, -0.1) is 0 Å². The Morgan fingerprint density at radius 1 is 1.33 bits per heavy atom. The van der Waals surface area contributed by atoms with Crippen molar-refractivity contribution in [3.63, 3.8) is 0 Å². The molecule has 1 amide bonds. The fourth-order valence-electron chi connectivity index (χ4n) is 2.98. The Kier molecular flexibility index (Phi) is 2.41. The molecule has 0 aliphatic carbocycles. The Hall–Kier alpha value is -0.610. The normalized spacial score (nSPS) is 43.5. The Morgan fingerprint density at radius 3 is 2.87 bits per heavy atom. The molecule has 3 fully saturated rings. The molecule has 15 heavy (non-hydrogen) atoms. The number of ether oxygens (including phenoxy) is 1. The molecule has 2 bridgehead atoms. The molecule has 4 atom stereocenters. The lowest BCUT2D eigenvalue weighted by Gasteiger charge is -2.22. The average Bonchev–Trinajstić information content (AvgIpc) is 2.95. The van der Waals surface area contributed by atoms with Gasteiger partial charge in [-0.1, -0.05) is 0 Å². The average molecular weight is 210 g/mol. The van der Waals surface area contributed by atoms with Crippen LogP contribution in [0.4, 0.5) is 0 Å². The molecule has 3 aliphatic heterocycles. The van der Waals surface area contributed by atoms with Crippen molar-refractivity contribution in [1.82, 2.24) is 10.6 Å². The van der Waals surface area contributed by atoms with Crippen LogP contribution in [-0.2, 0) is 9.53 Å². The highest BCUT2D eigenvalue weighted by Crippen LogP contribution is 2.34. The van der Waals surface area contributed by atoms with Gasteiger partial charge in [-0.2, -0.15) is 0 Å². The second-order valence-electron chi connectivity index (χ2n) is 4.87. The summed E-state index contributed by atoms with van der Waals surface area (Å²) in [6.07, 6.45) is 6.12. The van der Waals surface area contributed by atoms with Gasteiger partial charge < -0.3 is 15.4 Å². The first-order valence-electron chi connectivity index (χ1n) is 6.02. The van der Waals surface area contributed by atoms with Gasteiger partial charge in [0.25, 0.3) is 0 Å². The standard InChI is InChI=1S/C11H18N2O2/c14-11(8-2-1-5-12-8)13-9-6-7-3-4-10(9)15-7/h7-10,12H,1-6H2,(H,13,14). The van der Waals surface area contributed by atoms with E-state index in [0.29, 0.717) is 12.2 Å². The van der Waals surface area contributed by atoms with Crippen molar-refractivity contribution < 1.29 is 9.53 Å². The highest BCUT2D eigenvalue weighted by atomic mass is 16.5. The molecule has 0 saturated carbocycles. The molecule has 3 saturated heterocycles. The van der Waals surface area contributed by atoms with Crippen LogP contribution in [0.15, 0.2) is 0 Å². The van der Waals surface area contributed by atoms with E-state index in [0.717, 1.165) is 32.2 Å². The maximum absolute atomic E-state index is 11.8. The summed E-state index contributed by atoms with van der Waals surface area (Å²) in [5.74, 6) is 0.175. The van der Waals surface area contributed by atoms with E-state index >= 15 is 0 Å². The third-order valence-corrected chi connectivity index (χ3v) is 3.81. The van der Waals surface area contributed by atoms with Gasteiger partial charge in [-0.3, -0.25) is 4.79 Å². The molecule has 84 valence electrons. The van der Waals surface area contributed by atoms with Crippen LogP contribution in [0.3, 0.4) is 0 Å². The molecular formula is C11H18N2O2. The first-order chi connectivity index (χ1) is 7.33. The Bertz CT molecular complexity index is 263. The summed E-state index contributed by atoms with van der Waals surface area (Å²) in [6, 6.07) is 0.322. The number of hydrogen-bond donors (Lipinski definition) is 2. The maximum atomic E-state index is 11.8. The summed E-state index contributed by atoms with van der Waals surface area (Å²) >= 11 is 0. The van der Waals surface area contributed by atoms with Crippen molar-refractivity contribution in [3.8, 4) is 0 Å². The van der Waals surface area contributed by atoms with E-state index in [9.17, 15) is 4.79 Å². The number of carbonyl (C=O) groups is 1. The number of carbonyl (C=O) groups excluding carboxylic acids is 1. The monoisotopic (exact) mass is 210 g/mol. The summed E-state index contributed by atoms with van der Waals surface area (Å²) in [5, 5.41) is 6.35. The third-order valence-electron chi connectivity index (χ3n) is 3.81. The predicted octanol–water partition coefficient (Wildman–Crippen LogP) is 0.174. The molecule has 0 aromatic heterocycles. The fourth-order valence-corrected chi connectivity index (χ4v) is 2.98. The van der Waals surface area contributed by atoms with E-state index in [1.54, 1.807) is 0 Å². The van der Waals surface area contributed by atoms with Crippen LogP contribution in [0, 0.1) is 0 Å². The summed E-state index contributed by atoms with van der Waals surface area (Å²) < 4.78 is 5.71. The minimum absolute atomic E-state index is 0.0455. The van der Waals surface area contributed by atoms with Crippen molar-refractivity contribution in [3.05, 3.63) is 0 Å². The quantitative estimate of drug-likeness (QED) is 0.683. The van der Waals surface area contributed by atoms with Gasteiger partial charge in [0.05, 0.1) is 24.3 Å². The van der Waals surface area contributed by atoms with Crippen LogP contribution in [0.25, 0.3) is 0 Å². The van der Waals surface area contributed by atoms with Gasteiger partial charge in [-0.25, -0.2) is 0 Å². The molecule has 0 aromatic rings. The number of rotatable bonds is 2. The van der Waals surface area contributed by atoms with Crippen molar-refractivity contribution in [1.29, 1.82) is 0 Å². The zero-order chi connectivity index (χ0) is 10.3. The molecule has 3 heterocycles. The van der Waals surface area contributed by atoms with Gasteiger partial charge in [-0.05, 0) is 38.6 Å². The van der Waals surface area contributed by atoms with Crippen LogP contribution in [0.1, 0.15) is 32.1 Å². The first-order valence-corrected chi connectivity index (χ1v) is 6.02. The summed E-state index contributed by atoms with van der Waals surface area (Å²) in [7, 11) is 0. The van der Waals surface area contributed by atoms with Crippen LogP contribution in [0.5, 0.6) is 0 Å². The van der Waals surface area contributed by atoms with Crippen molar-refractivity contribution >= 4 is 5.91 Å². The molecule has 4 nitrogen and oxygen atoms in total. The molecule has 3 rings (SSSR count). The molecule has 0 aromatic carbocycles. The fraction of sp³-hybridized carbons (Fsp3) is 0.909. The Morgan fingerprint density at radius 2 is 2.27 bits per heavy atom. The van der Waals surface area contributed by atoms with Crippen LogP contribution < -0.4 is 10.6 Å². The molecule has 2 N–H and O–H groups in total. The van der Waals surface area contributed by atoms with Gasteiger partial charge in [0.2, 0.25) is 5.91 Å². The van der Waals surface area contributed by atoms with E-state index < -0.39 is 0 Å². The van der Waals surface area contributed by atoms with Gasteiger partial charge in [0.1, 0.15) is 0 Å². The van der Waals surface area contributed by atoms with Gasteiger partial charge >= 0.3 is 0 Å². The number of fused-ring (bicyclic) bond motifs is 2. The largest absolute Gasteiger partial charge is 0.373 e. The number of nitrogens with one attached hydrogen (secondary N) is 2. The smallest absolute Gasteiger partial charge is 0.237 e. The van der Waals surface area contributed by atoms with Gasteiger partial charge in [0.15, 0.2) is 0 Å². The summed E-state index contributed by atoms with van der Waals surface area (Å²) in [5.41, 5.74) is 0. The summed E-state index contributed by atoms with van der Waals surface area (Å²) in [4.78, 5) is 11.8. The molecule has 4 heteroatoms. The van der Waals surface area contributed by atoms with E-state index in [4.69, 9.17) is 4.74 Å². The Balaban J connectivity index is 1.54. The van der Waals surface area contributed by atoms with E-state index in [1.165, 1.54) is 6.42 Å². The first kappa shape index (κ1) is 9.60. The molecule has 4 unspecified atom stereocenters. The minimum Gasteiger partial charge on any atom is -0.373 e. The Labute approximate surface area is 89.7 Å². The zero-order valence-electron chi connectivity index (χ0n) is 8.87. The second-order valence-corrected chi connectivity index (χ2v) is 4.87. The molecule has 0 spiro atoms. The highest BCUT2D eigenvalue weighted by molar-refractivity contribution is 5.82. The van der Waals surface area contributed by atoms with Crippen LogP contribution >= 0.6 is 0 Å². The van der Waals surface area contributed by atoms with E-state index in [1.807, 2.05) is 0 Å². The van der Waals surface area contributed by atoms with E-state index in [2.05, 4.69) is 10.6 Å². The van der Waals surface area contributed by atoms with Crippen LogP contribution in [0.2, 0.25) is 0 Å². The zero-order valence-corrected chi connectivity index (χ0v) is 8.87. The lowest BCUT2D eigenvalue weighted by molar-refractivity contribution is -0.123. The van der Waals surface area contributed by atoms with Gasteiger partial charge in [0, 0.05) is 0 Å². The minimum atomic E-state index is 0.0455. The van der Waals surface area contributed by atoms with E-state index in [-0.39, 0.29) is 18.0 Å². The summed E-state index contributed by atoms with van der Waals surface area (Å²) in [6.45, 7) is 0.977. The lowest BCUT2D eigenvalue weighted by Crippen LogP contribution is -2.48. The highest BCUT2D eigenvalue weighted by Gasteiger charge is 2.42. The topological polar surface area (TPSA) is 50.4 Å². The predicted molar refractivity (Wildman–Crippen MR) is 55.5 cm³/mol. The van der Waals surface area contributed by atoms with Crippen LogP contribution in [-0.4, -0.2) is 36.7 Å². The van der Waals surface area contributed by atoms with Crippen molar-refractivity contribution in [2.24, 2.45) is 0 Å². The molecule has 3 aliphatic rings. The third kappa shape index (κ3) is 1.76. The van der Waals surface area contributed by atoms with Crippen molar-refractivity contribution in [2.45, 2.75) is 56.4 Å². The van der Waals surface area contributed by atoms with Crippen molar-refractivity contribution in [2.75, 3.05) is 6.54 Å².